The van der Waals surface area contributed by atoms with E-state index in [0.717, 1.165) is 11.0 Å². The number of hydrogen-bond donors (Lipinski definition) is 2. The van der Waals surface area contributed by atoms with E-state index in [0.29, 0.717) is 11.1 Å². The van der Waals surface area contributed by atoms with Crippen molar-refractivity contribution in [1.82, 2.24) is 5.32 Å². The monoisotopic (exact) mass is 420 g/mol. The molecule has 1 aliphatic heterocycles. The maximum atomic E-state index is 12.4. The number of rotatable bonds is 6. The molecule has 1 saturated heterocycles. The molecule has 1 amide bonds. The van der Waals surface area contributed by atoms with Crippen LogP contribution < -0.4 is 10.8 Å². The van der Waals surface area contributed by atoms with Crippen LogP contribution in [-0.2, 0) is 20.5 Å². The Morgan fingerprint density at radius 3 is 2.06 bits per heavy atom. The van der Waals surface area contributed by atoms with Crippen molar-refractivity contribution < 1.29 is 24.0 Å². The molecule has 2 aromatic rings. The lowest BCUT2D eigenvalue weighted by Crippen LogP contribution is -2.42. The molecular formula is C23H25BN2O5. The third-order valence-electron chi connectivity index (χ3n) is 5.82. The van der Waals surface area contributed by atoms with Crippen molar-refractivity contribution in [1.29, 1.82) is 5.26 Å². The minimum Gasteiger partial charge on any atom is -0.480 e. The summed E-state index contributed by atoms with van der Waals surface area (Å²) < 4.78 is 12.1. The molecule has 3 rings (SSSR count). The van der Waals surface area contributed by atoms with E-state index in [9.17, 15) is 14.7 Å². The van der Waals surface area contributed by atoms with Crippen molar-refractivity contribution >= 4 is 24.5 Å². The van der Waals surface area contributed by atoms with E-state index in [4.69, 9.17) is 14.6 Å². The van der Waals surface area contributed by atoms with Gasteiger partial charge >= 0.3 is 13.1 Å². The SMILES string of the molecule is CC1(C)OB(c2ccc(C[C@@H](NC(=O)c3ccc(C#N)cc3)C(=O)O)cc2)OC1(C)C. The van der Waals surface area contributed by atoms with E-state index in [2.05, 4.69) is 5.32 Å². The van der Waals surface area contributed by atoms with Gasteiger partial charge in [0.25, 0.3) is 5.91 Å². The first kappa shape index (κ1) is 22.5. The highest BCUT2D eigenvalue weighted by molar-refractivity contribution is 6.62. The fourth-order valence-corrected chi connectivity index (χ4v) is 3.16. The number of nitriles is 1. The van der Waals surface area contributed by atoms with Crippen molar-refractivity contribution in [2.24, 2.45) is 0 Å². The van der Waals surface area contributed by atoms with Crippen LogP contribution in [-0.4, -0.2) is 41.3 Å². The zero-order valence-corrected chi connectivity index (χ0v) is 18.0. The molecule has 8 heteroatoms. The molecule has 0 bridgehead atoms. The summed E-state index contributed by atoms with van der Waals surface area (Å²) in [5.74, 6) is -1.64. The second kappa shape index (κ2) is 8.54. The van der Waals surface area contributed by atoms with Gasteiger partial charge in [-0.05, 0) is 63.0 Å². The van der Waals surface area contributed by atoms with Gasteiger partial charge in [0.05, 0.1) is 22.8 Å². The molecule has 0 saturated carbocycles. The highest BCUT2D eigenvalue weighted by atomic mass is 16.7. The molecule has 0 aliphatic carbocycles. The first-order chi connectivity index (χ1) is 14.5. The van der Waals surface area contributed by atoms with Crippen molar-refractivity contribution in [3.8, 4) is 6.07 Å². The molecule has 7 nitrogen and oxygen atoms in total. The van der Waals surface area contributed by atoms with Gasteiger partial charge in [0.2, 0.25) is 0 Å². The van der Waals surface area contributed by atoms with Crippen LogP contribution in [0, 0.1) is 11.3 Å². The van der Waals surface area contributed by atoms with Crippen molar-refractivity contribution in [3.05, 3.63) is 65.2 Å². The summed E-state index contributed by atoms with van der Waals surface area (Å²) in [5, 5.41) is 20.9. The average molecular weight is 420 g/mol. The normalized spacial score (nSPS) is 17.6. The number of aliphatic carboxylic acids is 1. The summed E-state index contributed by atoms with van der Waals surface area (Å²) in [4.78, 5) is 24.1. The van der Waals surface area contributed by atoms with Crippen LogP contribution in [0.5, 0.6) is 0 Å². The Hall–Kier alpha value is -3.15. The number of nitrogens with one attached hydrogen (secondary N) is 1. The minimum atomic E-state index is -1.13. The molecule has 160 valence electrons. The van der Waals surface area contributed by atoms with E-state index in [1.807, 2.05) is 58.0 Å². The maximum absolute atomic E-state index is 12.4. The average Bonchev–Trinajstić information content (AvgIpc) is 2.95. The van der Waals surface area contributed by atoms with Gasteiger partial charge in [0, 0.05) is 12.0 Å². The zero-order valence-electron chi connectivity index (χ0n) is 18.0. The number of benzene rings is 2. The van der Waals surface area contributed by atoms with Crippen LogP contribution in [0.3, 0.4) is 0 Å². The fraction of sp³-hybridized carbons (Fsp3) is 0.348. The summed E-state index contributed by atoms with van der Waals surface area (Å²) in [6.07, 6.45) is 0.126. The summed E-state index contributed by atoms with van der Waals surface area (Å²) in [6, 6.07) is 14.2. The second-order valence-corrected chi connectivity index (χ2v) is 8.59. The molecule has 0 aromatic heterocycles. The molecule has 0 radical (unpaired) electrons. The van der Waals surface area contributed by atoms with E-state index in [1.165, 1.54) is 24.3 Å². The van der Waals surface area contributed by atoms with Gasteiger partial charge in [-0.25, -0.2) is 4.79 Å². The van der Waals surface area contributed by atoms with Crippen LogP contribution in [0.15, 0.2) is 48.5 Å². The molecule has 1 atom stereocenters. The summed E-state index contributed by atoms with van der Waals surface area (Å²) in [6.45, 7) is 7.93. The van der Waals surface area contributed by atoms with E-state index in [1.54, 1.807) is 0 Å². The smallest absolute Gasteiger partial charge is 0.480 e. The van der Waals surface area contributed by atoms with Gasteiger partial charge in [0.15, 0.2) is 0 Å². The van der Waals surface area contributed by atoms with Gasteiger partial charge in [0.1, 0.15) is 6.04 Å². The largest absolute Gasteiger partial charge is 0.494 e. The summed E-state index contributed by atoms with van der Waals surface area (Å²) >= 11 is 0. The standard InChI is InChI=1S/C23H25BN2O5/c1-22(2)23(3,4)31-24(30-22)18-11-7-15(8-12-18)13-19(21(28)29)26-20(27)17-9-5-16(14-25)6-10-17/h5-12,19H,13H2,1-4H3,(H,26,27)(H,28,29)/t19-/m1/s1. The number of nitrogens with zero attached hydrogens (tertiary/aromatic N) is 1. The number of carboxylic acid groups (broad SMARTS) is 1. The zero-order chi connectivity index (χ0) is 22.8. The van der Waals surface area contributed by atoms with Crippen LogP contribution >= 0.6 is 0 Å². The lowest BCUT2D eigenvalue weighted by molar-refractivity contribution is -0.139. The highest BCUT2D eigenvalue weighted by Crippen LogP contribution is 2.36. The number of hydrogen-bond acceptors (Lipinski definition) is 5. The summed E-state index contributed by atoms with van der Waals surface area (Å²) in [5.41, 5.74) is 1.43. The molecule has 1 heterocycles. The highest BCUT2D eigenvalue weighted by Gasteiger charge is 2.51. The Kier molecular flexibility index (Phi) is 6.21. The number of carbonyl (C=O) groups is 2. The number of carboxylic acids is 1. The summed E-state index contributed by atoms with van der Waals surface area (Å²) in [7, 11) is -0.495. The van der Waals surface area contributed by atoms with Crippen LogP contribution in [0.25, 0.3) is 0 Å². The molecule has 1 aliphatic rings. The quantitative estimate of drug-likeness (QED) is 0.695. The Bertz CT molecular complexity index is 994. The molecule has 2 aromatic carbocycles. The third kappa shape index (κ3) is 4.96. The van der Waals surface area contributed by atoms with Crippen LogP contribution in [0.1, 0.15) is 49.2 Å². The lowest BCUT2D eigenvalue weighted by atomic mass is 9.78. The fourth-order valence-electron chi connectivity index (χ4n) is 3.16. The van der Waals surface area contributed by atoms with E-state index < -0.39 is 36.2 Å². The molecule has 2 N–H and O–H groups in total. The Balaban J connectivity index is 1.67. The number of carbonyl (C=O) groups excluding carboxylic acids is 1. The van der Waals surface area contributed by atoms with Crippen LogP contribution in [0.2, 0.25) is 0 Å². The Morgan fingerprint density at radius 1 is 1.03 bits per heavy atom. The van der Waals surface area contributed by atoms with Crippen molar-refractivity contribution in [2.75, 3.05) is 0 Å². The predicted molar refractivity (Wildman–Crippen MR) is 116 cm³/mol. The Labute approximate surface area is 182 Å². The Morgan fingerprint density at radius 2 is 1.58 bits per heavy atom. The molecular weight excluding hydrogens is 395 g/mol. The lowest BCUT2D eigenvalue weighted by Gasteiger charge is -2.32. The number of amides is 1. The second-order valence-electron chi connectivity index (χ2n) is 8.59. The third-order valence-corrected chi connectivity index (χ3v) is 5.82. The van der Waals surface area contributed by atoms with Crippen molar-refractivity contribution in [3.63, 3.8) is 0 Å². The maximum Gasteiger partial charge on any atom is 0.494 e. The molecule has 0 unspecified atom stereocenters. The van der Waals surface area contributed by atoms with Gasteiger partial charge < -0.3 is 19.7 Å². The molecule has 31 heavy (non-hydrogen) atoms. The first-order valence-corrected chi connectivity index (χ1v) is 10.0. The molecule has 1 fully saturated rings. The van der Waals surface area contributed by atoms with E-state index in [-0.39, 0.29) is 6.42 Å². The van der Waals surface area contributed by atoms with Crippen LogP contribution in [0.4, 0.5) is 0 Å². The first-order valence-electron chi connectivity index (χ1n) is 10.0. The topological polar surface area (TPSA) is 109 Å². The van der Waals surface area contributed by atoms with Gasteiger partial charge in [-0.2, -0.15) is 5.26 Å². The molecule has 0 spiro atoms. The predicted octanol–water partition coefficient (Wildman–Crippen LogP) is 2.28. The van der Waals surface area contributed by atoms with Gasteiger partial charge in [-0.3, -0.25) is 4.79 Å². The van der Waals surface area contributed by atoms with Gasteiger partial charge in [-0.15, -0.1) is 0 Å². The van der Waals surface area contributed by atoms with Crippen molar-refractivity contribution in [2.45, 2.75) is 51.4 Å². The van der Waals surface area contributed by atoms with E-state index >= 15 is 0 Å². The van der Waals surface area contributed by atoms with Gasteiger partial charge in [-0.1, -0.05) is 24.3 Å². The minimum absolute atomic E-state index is 0.126.